The molecule has 6 nitrogen and oxygen atoms in total. The molecular formula is C9H7Br2N5O. The molecular weight excluding hydrogens is 354 g/mol. The highest BCUT2D eigenvalue weighted by molar-refractivity contribution is 9.11. The number of aromatic nitrogens is 4. The van der Waals surface area contributed by atoms with Crippen LogP contribution in [0.5, 0.6) is 0 Å². The van der Waals surface area contributed by atoms with Crippen LogP contribution in [0.4, 0.5) is 0 Å². The molecule has 2 aromatic rings. The molecule has 0 radical (unpaired) electrons. The first kappa shape index (κ1) is 12.2. The van der Waals surface area contributed by atoms with E-state index in [1.54, 1.807) is 12.1 Å². The third kappa shape index (κ3) is 3.34. The van der Waals surface area contributed by atoms with Gasteiger partial charge < -0.3 is 5.32 Å². The van der Waals surface area contributed by atoms with Crippen LogP contribution in [-0.4, -0.2) is 26.5 Å². The van der Waals surface area contributed by atoms with E-state index in [-0.39, 0.29) is 12.5 Å². The Kier molecular flexibility index (Phi) is 3.85. The molecule has 2 N–H and O–H groups in total. The van der Waals surface area contributed by atoms with Gasteiger partial charge in [0.2, 0.25) is 0 Å². The van der Waals surface area contributed by atoms with Gasteiger partial charge in [-0.1, -0.05) is 37.1 Å². The molecule has 0 spiro atoms. The van der Waals surface area contributed by atoms with Crippen molar-refractivity contribution in [3.63, 3.8) is 0 Å². The number of tetrazole rings is 1. The number of halogens is 2. The summed E-state index contributed by atoms with van der Waals surface area (Å²) >= 11 is 6.64. The number of aromatic amines is 1. The van der Waals surface area contributed by atoms with Crippen molar-refractivity contribution >= 4 is 37.8 Å². The molecule has 2 rings (SSSR count). The number of H-pyrrole nitrogens is 1. The van der Waals surface area contributed by atoms with E-state index in [0.717, 1.165) is 8.95 Å². The van der Waals surface area contributed by atoms with Crippen molar-refractivity contribution < 1.29 is 4.79 Å². The van der Waals surface area contributed by atoms with Gasteiger partial charge in [0.25, 0.3) is 5.91 Å². The summed E-state index contributed by atoms with van der Waals surface area (Å²) in [6.07, 6.45) is 0. The Bertz CT molecular complexity index is 508. The fourth-order valence-corrected chi connectivity index (χ4v) is 2.50. The molecule has 17 heavy (non-hydrogen) atoms. The monoisotopic (exact) mass is 359 g/mol. The summed E-state index contributed by atoms with van der Waals surface area (Å²) in [4.78, 5) is 11.8. The molecule has 0 aliphatic heterocycles. The van der Waals surface area contributed by atoms with Crippen molar-refractivity contribution in [2.75, 3.05) is 0 Å². The van der Waals surface area contributed by atoms with E-state index >= 15 is 0 Å². The average Bonchev–Trinajstić information content (AvgIpc) is 2.77. The van der Waals surface area contributed by atoms with Crippen LogP contribution in [0.3, 0.4) is 0 Å². The molecule has 1 aromatic carbocycles. The smallest absolute Gasteiger partial charge is 0.251 e. The Morgan fingerprint density at radius 2 is 2.00 bits per heavy atom. The van der Waals surface area contributed by atoms with E-state index < -0.39 is 0 Å². The second-order valence-electron chi connectivity index (χ2n) is 3.17. The Hall–Kier alpha value is -1.28. The second kappa shape index (κ2) is 5.37. The highest BCUT2D eigenvalue weighted by Gasteiger charge is 2.08. The highest BCUT2D eigenvalue weighted by Crippen LogP contribution is 2.19. The summed E-state index contributed by atoms with van der Waals surface area (Å²) in [5, 5.41) is 15.9. The van der Waals surface area contributed by atoms with Crippen molar-refractivity contribution in [1.82, 2.24) is 25.9 Å². The van der Waals surface area contributed by atoms with Gasteiger partial charge in [0.15, 0.2) is 5.82 Å². The molecule has 0 atom stereocenters. The molecule has 0 saturated carbocycles. The summed E-state index contributed by atoms with van der Waals surface area (Å²) < 4.78 is 1.66. The number of carbonyl (C=O) groups is 1. The van der Waals surface area contributed by atoms with Crippen LogP contribution < -0.4 is 5.32 Å². The molecule has 0 aliphatic rings. The number of nitrogens with zero attached hydrogens (tertiary/aromatic N) is 3. The maximum atomic E-state index is 11.8. The number of benzene rings is 1. The zero-order valence-corrected chi connectivity index (χ0v) is 11.6. The van der Waals surface area contributed by atoms with Crippen molar-refractivity contribution in [2.45, 2.75) is 6.54 Å². The first-order valence-electron chi connectivity index (χ1n) is 4.62. The van der Waals surface area contributed by atoms with Gasteiger partial charge in [0, 0.05) is 14.5 Å². The van der Waals surface area contributed by atoms with Crippen molar-refractivity contribution in [3.05, 3.63) is 38.5 Å². The van der Waals surface area contributed by atoms with Crippen molar-refractivity contribution in [2.24, 2.45) is 0 Å². The topological polar surface area (TPSA) is 83.6 Å². The van der Waals surface area contributed by atoms with E-state index in [4.69, 9.17) is 0 Å². The van der Waals surface area contributed by atoms with E-state index in [2.05, 4.69) is 57.8 Å². The predicted molar refractivity (Wildman–Crippen MR) is 67.2 cm³/mol. The minimum Gasteiger partial charge on any atom is -0.345 e. The van der Waals surface area contributed by atoms with E-state index in [1.165, 1.54) is 0 Å². The fraction of sp³-hybridized carbons (Fsp3) is 0.111. The van der Waals surface area contributed by atoms with Crippen LogP contribution in [0.25, 0.3) is 0 Å². The molecule has 1 aromatic heterocycles. The number of amides is 1. The molecule has 0 unspecified atom stereocenters. The first-order chi connectivity index (χ1) is 8.15. The van der Waals surface area contributed by atoms with Crippen molar-refractivity contribution in [1.29, 1.82) is 0 Å². The lowest BCUT2D eigenvalue weighted by molar-refractivity contribution is 0.0950. The predicted octanol–water partition coefficient (Wildman–Crippen LogP) is 1.65. The molecule has 1 amide bonds. The SMILES string of the molecule is O=C(NCc1nn[nH]n1)c1cc(Br)cc(Br)c1. The third-order valence-corrected chi connectivity index (χ3v) is 2.84. The lowest BCUT2D eigenvalue weighted by Crippen LogP contribution is -2.23. The van der Waals surface area contributed by atoms with Crippen molar-refractivity contribution in [3.8, 4) is 0 Å². The highest BCUT2D eigenvalue weighted by atomic mass is 79.9. The average molecular weight is 361 g/mol. The third-order valence-electron chi connectivity index (χ3n) is 1.92. The summed E-state index contributed by atoms with van der Waals surface area (Å²) in [6, 6.07) is 5.32. The van der Waals surface area contributed by atoms with Crippen LogP contribution in [0.2, 0.25) is 0 Å². The normalized spacial score (nSPS) is 10.2. The number of carbonyl (C=O) groups excluding carboxylic acids is 1. The molecule has 0 aliphatic carbocycles. The molecule has 0 bridgehead atoms. The lowest BCUT2D eigenvalue weighted by Gasteiger charge is -2.03. The molecule has 1 heterocycles. The number of hydrogen-bond acceptors (Lipinski definition) is 4. The van der Waals surface area contributed by atoms with E-state index in [0.29, 0.717) is 11.4 Å². The van der Waals surface area contributed by atoms with Gasteiger partial charge in [-0.25, -0.2) is 0 Å². The molecule has 0 saturated heterocycles. The second-order valence-corrected chi connectivity index (χ2v) is 5.00. The maximum Gasteiger partial charge on any atom is 0.251 e. The number of hydrogen-bond donors (Lipinski definition) is 2. The Balaban J connectivity index is 2.04. The largest absolute Gasteiger partial charge is 0.345 e. The summed E-state index contributed by atoms with van der Waals surface area (Å²) in [5.74, 6) is 0.240. The molecule has 88 valence electrons. The summed E-state index contributed by atoms with van der Waals surface area (Å²) in [7, 11) is 0. The minimum atomic E-state index is -0.197. The number of nitrogens with one attached hydrogen (secondary N) is 2. The van der Waals surface area contributed by atoms with Gasteiger partial charge in [-0.3, -0.25) is 4.79 Å². The van der Waals surface area contributed by atoms with Gasteiger partial charge in [-0.2, -0.15) is 5.21 Å². The van der Waals surface area contributed by atoms with Gasteiger partial charge >= 0.3 is 0 Å². The van der Waals surface area contributed by atoms with E-state index in [1.807, 2.05) is 6.07 Å². The first-order valence-corrected chi connectivity index (χ1v) is 6.20. The van der Waals surface area contributed by atoms with Gasteiger partial charge in [-0.05, 0) is 18.2 Å². The van der Waals surface area contributed by atoms with Gasteiger partial charge in [0.05, 0.1) is 6.54 Å². The Morgan fingerprint density at radius 1 is 1.29 bits per heavy atom. The number of rotatable bonds is 3. The quantitative estimate of drug-likeness (QED) is 0.871. The zero-order valence-electron chi connectivity index (χ0n) is 8.44. The van der Waals surface area contributed by atoms with Gasteiger partial charge in [0.1, 0.15) is 0 Å². The molecule has 0 fully saturated rings. The lowest BCUT2D eigenvalue weighted by atomic mass is 10.2. The molecule has 8 heteroatoms. The fourth-order valence-electron chi connectivity index (χ4n) is 1.20. The standard InChI is InChI=1S/C9H7Br2N5O/c10-6-1-5(2-7(11)3-6)9(17)12-4-8-13-15-16-14-8/h1-3H,4H2,(H,12,17)(H,13,14,15,16). The van der Waals surface area contributed by atoms with Crippen LogP contribution in [0.1, 0.15) is 16.2 Å². The van der Waals surface area contributed by atoms with Crippen LogP contribution >= 0.6 is 31.9 Å². The maximum absolute atomic E-state index is 11.8. The van der Waals surface area contributed by atoms with E-state index in [9.17, 15) is 4.79 Å². The zero-order chi connectivity index (χ0) is 12.3. The van der Waals surface area contributed by atoms with Gasteiger partial charge in [-0.15, -0.1) is 10.2 Å². The Labute approximate surface area is 113 Å². The Morgan fingerprint density at radius 3 is 2.59 bits per heavy atom. The van der Waals surface area contributed by atoms with Crippen LogP contribution in [0.15, 0.2) is 27.1 Å². The minimum absolute atomic E-state index is 0.197. The van der Waals surface area contributed by atoms with Crippen LogP contribution in [0, 0.1) is 0 Å². The summed E-state index contributed by atoms with van der Waals surface area (Å²) in [6.45, 7) is 0.236. The van der Waals surface area contributed by atoms with Crippen LogP contribution in [-0.2, 0) is 6.54 Å². The summed E-state index contributed by atoms with van der Waals surface area (Å²) in [5.41, 5.74) is 0.551.